The summed E-state index contributed by atoms with van der Waals surface area (Å²) in [4.78, 5) is 24.5. The van der Waals surface area contributed by atoms with Crippen molar-refractivity contribution in [1.82, 2.24) is 0 Å². The van der Waals surface area contributed by atoms with Gasteiger partial charge in [0.05, 0.1) is 0 Å². The Morgan fingerprint density at radius 2 is 1.44 bits per heavy atom. The summed E-state index contributed by atoms with van der Waals surface area (Å²) in [7, 11) is 0. The van der Waals surface area contributed by atoms with Crippen molar-refractivity contribution in [1.29, 1.82) is 0 Å². The number of carbonyl (C=O) groups is 1. The van der Waals surface area contributed by atoms with E-state index in [9.17, 15) is 4.79 Å². The maximum Gasteiger partial charge on any atom is 0.519 e. The molecule has 0 radical (unpaired) electrons. The lowest BCUT2D eigenvalue weighted by Gasteiger charge is -2.57. The number of hydrogen-bond acceptors (Lipinski definition) is 6. The number of benzene rings is 2. The Balaban J connectivity index is 1.00. The second kappa shape index (κ2) is 8.57. The second-order valence-electron chi connectivity index (χ2n) is 11.8. The molecular weight excluding hydrogens is 456 g/mol. The van der Waals surface area contributed by atoms with Crippen LogP contribution in [0.5, 0.6) is 11.5 Å². The SMILES string of the molecule is Cc1ccc(OC(=O)Oc2ccc(C3CCC[C@]4(C3)OOC3(O4)C4CC5CC(C4)CC3C5)cc2)cc1. The number of ether oxygens (including phenoxy) is 3. The standard InChI is InChI=1S/C30H34O6/c1-19-4-8-26(9-5-19)32-28(31)33-27-10-6-22(7-11-27)23-3-2-12-29(18-23)34-30(36-35-29)24-14-20-13-21(16-24)17-25(30)15-20/h4-11,20-21,23-25H,2-3,12-18H2,1H3/t20?,21?,23?,24?,25?,29-,30?/m1/s1. The average Bonchev–Trinajstić information content (AvgIpc) is 3.23. The lowest BCUT2D eigenvalue weighted by Crippen LogP contribution is -2.59. The van der Waals surface area contributed by atoms with E-state index in [1.54, 1.807) is 12.1 Å². The van der Waals surface area contributed by atoms with Crippen LogP contribution in [0.15, 0.2) is 48.5 Å². The van der Waals surface area contributed by atoms with Crippen molar-refractivity contribution in [2.45, 2.75) is 82.2 Å². The molecule has 5 aliphatic carbocycles. The molecule has 6 nitrogen and oxygen atoms in total. The zero-order valence-corrected chi connectivity index (χ0v) is 20.8. The van der Waals surface area contributed by atoms with Gasteiger partial charge in [-0.1, -0.05) is 29.8 Å². The first-order chi connectivity index (χ1) is 17.5. The van der Waals surface area contributed by atoms with E-state index < -0.39 is 17.7 Å². The topological polar surface area (TPSA) is 63.2 Å². The van der Waals surface area contributed by atoms with Gasteiger partial charge in [-0.3, -0.25) is 0 Å². The number of aryl methyl sites for hydroxylation is 1. The van der Waals surface area contributed by atoms with Crippen molar-refractivity contribution in [3.8, 4) is 11.5 Å². The fraction of sp³-hybridized carbons (Fsp3) is 0.567. The quantitative estimate of drug-likeness (QED) is 0.261. The molecule has 2 spiro atoms. The van der Waals surface area contributed by atoms with Crippen molar-refractivity contribution in [2.24, 2.45) is 23.7 Å². The zero-order valence-electron chi connectivity index (χ0n) is 20.8. The highest BCUT2D eigenvalue weighted by Crippen LogP contribution is 2.64. The van der Waals surface area contributed by atoms with E-state index in [4.69, 9.17) is 24.0 Å². The Hall–Kier alpha value is -2.41. The highest BCUT2D eigenvalue weighted by Gasteiger charge is 2.67. The van der Waals surface area contributed by atoms with Gasteiger partial charge in [0.25, 0.3) is 0 Å². The minimum absolute atomic E-state index is 0.308. The average molecular weight is 491 g/mol. The Bertz CT molecular complexity index is 1100. The predicted octanol–water partition coefficient (Wildman–Crippen LogP) is 7.06. The van der Waals surface area contributed by atoms with Gasteiger partial charge in [0.15, 0.2) is 0 Å². The molecule has 8 rings (SSSR count). The maximum atomic E-state index is 12.2. The Morgan fingerprint density at radius 1 is 0.833 bits per heavy atom. The van der Waals surface area contributed by atoms with Gasteiger partial charge in [-0.2, -0.15) is 9.78 Å². The van der Waals surface area contributed by atoms with Crippen LogP contribution in [0.1, 0.15) is 74.8 Å². The van der Waals surface area contributed by atoms with E-state index in [1.807, 2.05) is 43.3 Å². The fourth-order valence-electron chi connectivity index (χ4n) is 7.89. The predicted molar refractivity (Wildman–Crippen MR) is 131 cm³/mol. The van der Waals surface area contributed by atoms with Gasteiger partial charge >= 0.3 is 6.16 Å². The number of carbonyl (C=O) groups excluding carboxylic acids is 1. The Kier molecular flexibility index (Phi) is 5.42. The molecule has 2 aromatic carbocycles. The van der Waals surface area contributed by atoms with E-state index >= 15 is 0 Å². The molecule has 6 heteroatoms. The monoisotopic (exact) mass is 490 g/mol. The third-order valence-corrected chi connectivity index (χ3v) is 9.39. The number of rotatable bonds is 3. The molecule has 36 heavy (non-hydrogen) atoms. The van der Waals surface area contributed by atoms with Crippen molar-refractivity contribution in [2.75, 3.05) is 0 Å². The second-order valence-corrected chi connectivity index (χ2v) is 11.8. The summed E-state index contributed by atoms with van der Waals surface area (Å²) in [6.07, 6.45) is 9.34. The molecule has 0 N–H and O–H groups in total. The smallest absolute Gasteiger partial charge is 0.395 e. The molecular formula is C30H34O6. The van der Waals surface area contributed by atoms with Gasteiger partial charge < -0.3 is 14.2 Å². The molecule has 5 saturated carbocycles. The number of hydrogen-bond donors (Lipinski definition) is 0. The minimum atomic E-state index is -0.742. The molecule has 190 valence electrons. The molecule has 6 aliphatic rings. The minimum Gasteiger partial charge on any atom is -0.395 e. The molecule has 0 aromatic heterocycles. The molecule has 2 aromatic rings. The molecule has 0 amide bonds. The lowest BCUT2D eigenvalue weighted by atomic mass is 9.53. The summed E-state index contributed by atoms with van der Waals surface area (Å²) in [6.45, 7) is 1.98. The summed E-state index contributed by atoms with van der Waals surface area (Å²) < 4.78 is 17.6. The molecule has 1 heterocycles. The van der Waals surface area contributed by atoms with Gasteiger partial charge in [-0.05, 0) is 99.5 Å². The summed E-state index contributed by atoms with van der Waals surface area (Å²) >= 11 is 0. The molecule has 1 aliphatic heterocycles. The fourth-order valence-corrected chi connectivity index (χ4v) is 7.89. The lowest BCUT2D eigenvalue weighted by molar-refractivity contribution is -0.390. The third kappa shape index (κ3) is 3.94. The van der Waals surface area contributed by atoms with Crippen molar-refractivity contribution >= 4 is 6.16 Å². The van der Waals surface area contributed by atoms with Gasteiger partial charge in [-0.25, -0.2) is 4.79 Å². The normalized spacial score (nSPS) is 38.5. The van der Waals surface area contributed by atoms with Crippen molar-refractivity contribution in [3.63, 3.8) is 0 Å². The third-order valence-electron chi connectivity index (χ3n) is 9.39. The van der Waals surface area contributed by atoms with Crippen LogP contribution >= 0.6 is 0 Å². The van der Waals surface area contributed by atoms with Gasteiger partial charge in [0.2, 0.25) is 11.6 Å². The van der Waals surface area contributed by atoms with Crippen LogP contribution in [0.25, 0.3) is 0 Å². The van der Waals surface area contributed by atoms with Gasteiger partial charge in [-0.15, -0.1) is 0 Å². The van der Waals surface area contributed by atoms with Crippen LogP contribution in [0.2, 0.25) is 0 Å². The first kappa shape index (κ1) is 22.8. The summed E-state index contributed by atoms with van der Waals surface area (Å²) in [6, 6.07) is 15.0. The van der Waals surface area contributed by atoms with Crippen molar-refractivity contribution in [3.05, 3.63) is 59.7 Å². The van der Waals surface area contributed by atoms with Gasteiger partial charge in [0, 0.05) is 24.7 Å². The molecule has 4 bridgehead atoms. The van der Waals surface area contributed by atoms with Crippen LogP contribution in [-0.4, -0.2) is 17.7 Å². The van der Waals surface area contributed by atoms with E-state index in [2.05, 4.69) is 0 Å². The summed E-state index contributed by atoms with van der Waals surface area (Å²) in [5.74, 6) is 2.73. The van der Waals surface area contributed by atoms with Crippen LogP contribution in [0.3, 0.4) is 0 Å². The van der Waals surface area contributed by atoms with E-state index in [-0.39, 0.29) is 0 Å². The molecule has 2 atom stereocenters. The Morgan fingerprint density at radius 3 is 2.08 bits per heavy atom. The molecule has 1 unspecified atom stereocenters. The molecule has 1 saturated heterocycles. The van der Waals surface area contributed by atoms with E-state index in [0.717, 1.165) is 43.1 Å². The van der Waals surface area contributed by atoms with E-state index in [1.165, 1.54) is 37.7 Å². The van der Waals surface area contributed by atoms with Crippen LogP contribution in [0.4, 0.5) is 4.79 Å². The zero-order chi connectivity index (χ0) is 24.3. The van der Waals surface area contributed by atoms with Crippen LogP contribution in [-0.2, 0) is 14.5 Å². The summed E-state index contributed by atoms with van der Waals surface area (Å²) in [5.41, 5.74) is 2.30. The van der Waals surface area contributed by atoms with Gasteiger partial charge in [0.1, 0.15) is 11.5 Å². The highest BCUT2D eigenvalue weighted by atomic mass is 17.3. The maximum absolute atomic E-state index is 12.2. The van der Waals surface area contributed by atoms with Crippen LogP contribution in [0, 0.1) is 30.6 Å². The highest BCUT2D eigenvalue weighted by molar-refractivity contribution is 5.67. The van der Waals surface area contributed by atoms with Crippen LogP contribution < -0.4 is 9.47 Å². The van der Waals surface area contributed by atoms with E-state index in [0.29, 0.717) is 29.3 Å². The Labute approximate surface area is 212 Å². The summed E-state index contributed by atoms with van der Waals surface area (Å²) in [5, 5.41) is 0. The molecule has 6 fully saturated rings. The largest absolute Gasteiger partial charge is 0.519 e. The first-order valence-electron chi connectivity index (χ1n) is 13.6. The first-order valence-corrected chi connectivity index (χ1v) is 13.6. The van der Waals surface area contributed by atoms with Crippen molar-refractivity contribution < 1.29 is 28.8 Å².